The van der Waals surface area contributed by atoms with Gasteiger partial charge in [-0.15, -0.1) is 0 Å². The molecule has 0 atom stereocenters. The zero-order valence-electron chi connectivity index (χ0n) is 12.8. The van der Waals surface area contributed by atoms with Gasteiger partial charge in [0.05, 0.1) is 10.6 Å². The number of aliphatic carboxylic acids is 1. The van der Waals surface area contributed by atoms with E-state index in [0.717, 1.165) is 11.6 Å². The molecule has 0 aliphatic carbocycles. The minimum absolute atomic E-state index is 0.106. The highest BCUT2D eigenvalue weighted by atomic mass is 32.2. The van der Waals surface area contributed by atoms with Crippen molar-refractivity contribution in [3.63, 3.8) is 0 Å². The van der Waals surface area contributed by atoms with Crippen LogP contribution < -0.4 is 4.31 Å². The van der Waals surface area contributed by atoms with Crippen LogP contribution in [0, 0.1) is 6.92 Å². The van der Waals surface area contributed by atoms with E-state index in [1.165, 1.54) is 29.6 Å². The lowest BCUT2D eigenvalue weighted by molar-refractivity contribution is -0.131. The zero-order chi connectivity index (χ0) is 17.0. The molecule has 0 spiro atoms. The maximum Gasteiger partial charge on any atom is 0.328 e. The average Bonchev–Trinajstić information content (AvgIpc) is 2.52. The lowest BCUT2D eigenvalue weighted by Crippen LogP contribution is -2.26. The first-order valence-electron chi connectivity index (χ1n) is 6.87. The number of hydrogen-bond donors (Lipinski definition) is 1. The van der Waals surface area contributed by atoms with Crippen molar-refractivity contribution in [2.45, 2.75) is 11.8 Å². The minimum Gasteiger partial charge on any atom is -0.478 e. The Morgan fingerprint density at radius 2 is 1.83 bits per heavy atom. The molecule has 0 aliphatic rings. The molecule has 2 aromatic rings. The van der Waals surface area contributed by atoms with Crippen molar-refractivity contribution in [3.8, 4) is 0 Å². The summed E-state index contributed by atoms with van der Waals surface area (Å²) >= 11 is 0. The topological polar surface area (TPSA) is 74.7 Å². The molecule has 2 rings (SSSR count). The van der Waals surface area contributed by atoms with Crippen LogP contribution in [0.1, 0.15) is 11.1 Å². The molecule has 1 N–H and O–H groups in total. The number of carboxylic acids is 1. The first kappa shape index (κ1) is 16.8. The molecule has 0 aliphatic heterocycles. The van der Waals surface area contributed by atoms with E-state index in [0.29, 0.717) is 11.3 Å². The fourth-order valence-electron chi connectivity index (χ4n) is 2.07. The summed E-state index contributed by atoms with van der Waals surface area (Å²) in [6.07, 6.45) is 2.32. The van der Waals surface area contributed by atoms with Crippen LogP contribution in [0.15, 0.2) is 59.5 Å². The van der Waals surface area contributed by atoms with E-state index < -0.39 is 16.0 Å². The van der Waals surface area contributed by atoms with E-state index in [9.17, 15) is 13.2 Å². The molecule has 23 heavy (non-hydrogen) atoms. The highest BCUT2D eigenvalue weighted by molar-refractivity contribution is 7.92. The Morgan fingerprint density at radius 3 is 2.48 bits per heavy atom. The summed E-state index contributed by atoms with van der Waals surface area (Å²) in [5.41, 5.74) is 2.03. The van der Waals surface area contributed by atoms with Gasteiger partial charge in [-0.3, -0.25) is 4.31 Å². The van der Waals surface area contributed by atoms with Crippen LogP contribution in [0.4, 0.5) is 5.69 Å². The van der Waals surface area contributed by atoms with Crippen LogP contribution >= 0.6 is 0 Å². The number of carboxylic acid groups (broad SMARTS) is 1. The molecule has 0 amide bonds. The van der Waals surface area contributed by atoms with Gasteiger partial charge in [-0.25, -0.2) is 13.2 Å². The summed E-state index contributed by atoms with van der Waals surface area (Å²) in [6.45, 7) is 1.89. The second kappa shape index (κ2) is 6.66. The fraction of sp³-hybridized carbons (Fsp3) is 0.118. The van der Waals surface area contributed by atoms with E-state index >= 15 is 0 Å². The number of nitrogens with zero attached hydrogens (tertiary/aromatic N) is 1. The maximum absolute atomic E-state index is 12.7. The van der Waals surface area contributed by atoms with E-state index in [2.05, 4.69) is 0 Å². The number of hydrogen-bond acceptors (Lipinski definition) is 3. The molecule has 0 unspecified atom stereocenters. The smallest absolute Gasteiger partial charge is 0.328 e. The predicted molar refractivity (Wildman–Crippen MR) is 89.9 cm³/mol. The van der Waals surface area contributed by atoms with Gasteiger partial charge in [0.15, 0.2) is 0 Å². The van der Waals surface area contributed by atoms with Crippen molar-refractivity contribution in [3.05, 3.63) is 65.7 Å². The lowest BCUT2D eigenvalue weighted by Gasteiger charge is -2.20. The molecule has 0 aromatic heterocycles. The van der Waals surface area contributed by atoms with Crippen molar-refractivity contribution in [2.75, 3.05) is 11.4 Å². The van der Waals surface area contributed by atoms with Crippen LogP contribution in [-0.2, 0) is 14.8 Å². The summed E-state index contributed by atoms with van der Waals surface area (Å²) in [7, 11) is -2.23. The number of aryl methyl sites for hydroxylation is 1. The maximum atomic E-state index is 12.7. The molecule has 0 bridgehead atoms. The van der Waals surface area contributed by atoms with E-state index in [4.69, 9.17) is 5.11 Å². The largest absolute Gasteiger partial charge is 0.478 e. The van der Waals surface area contributed by atoms with Gasteiger partial charge in [-0.2, -0.15) is 0 Å². The monoisotopic (exact) mass is 331 g/mol. The normalized spacial score (nSPS) is 11.6. The van der Waals surface area contributed by atoms with Gasteiger partial charge >= 0.3 is 5.97 Å². The number of carbonyl (C=O) groups is 1. The number of rotatable bonds is 5. The third-order valence-electron chi connectivity index (χ3n) is 3.30. The number of sulfonamides is 1. The Kier molecular flexibility index (Phi) is 4.86. The van der Waals surface area contributed by atoms with Crippen molar-refractivity contribution < 1.29 is 18.3 Å². The van der Waals surface area contributed by atoms with E-state index in [-0.39, 0.29) is 4.90 Å². The summed E-state index contributed by atoms with van der Waals surface area (Å²) in [5.74, 6) is -1.09. The Balaban J connectivity index is 2.39. The van der Waals surface area contributed by atoms with Gasteiger partial charge in [-0.05, 0) is 48.4 Å². The Bertz CT molecular complexity index is 856. The van der Waals surface area contributed by atoms with Crippen LogP contribution in [0.5, 0.6) is 0 Å². The molecule has 0 radical (unpaired) electrons. The second-order valence-corrected chi connectivity index (χ2v) is 7.02. The standard InChI is InChI=1S/C17H17NO4S/c1-13-5-3-7-15(11-13)18(2)23(21,22)16-8-4-6-14(12-16)9-10-17(19)20/h3-12H,1-2H3,(H,19,20)/b10-9+. The molecule has 5 nitrogen and oxygen atoms in total. The Morgan fingerprint density at radius 1 is 1.13 bits per heavy atom. The fourth-order valence-corrected chi connectivity index (χ4v) is 3.31. The number of anilines is 1. The van der Waals surface area contributed by atoms with Crippen LogP contribution in [0.3, 0.4) is 0 Å². The molecule has 0 heterocycles. The van der Waals surface area contributed by atoms with Crippen LogP contribution in [-0.4, -0.2) is 26.5 Å². The van der Waals surface area contributed by atoms with Gasteiger partial charge < -0.3 is 5.11 Å². The third-order valence-corrected chi connectivity index (χ3v) is 5.08. The first-order chi connectivity index (χ1) is 10.8. The number of benzene rings is 2. The quantitative estimate of drug-likeness (QED) is 0.855. The van der Waals surface area contributed by atoms with Crippen molar-refractivity contribution >= 4 is 27.8 Å². The average molecular weight is 331 g/mol. The molecule has 2 aromatic carbocycles. The van der Waals surface area contributed by atoms with Gasteiger partial charge in [0.25, 0.3) is 10.0 Å². The van der Waals surface area contributed by atoms with Gasteiger partial charge in [0, 0.05) is 13.1 Å². The molecule has 0 fully saturated rings. The zero-order valence-corrected chi connectivity index (χ0v) is 13.6. The highest BCUT2D eigenvalue weighted by Gasteiger charge is 2.21. The molecular weight excluding hydrogens is 314 g/mol. The molecule has 0 saturated heterocycles. The van der Waals surface area contributed by atoms with Crippen molar-refractivity contribution in [1.29, 1.82) is 0 Å². The predicted octanol–water partition coefficient (Wildman–Crippen LogP) is 2.92. The summed E-state index contributed by atoms with van der Waals surface area (Å²) in [6, 6.07) is 13.3. The van der Waals surface area contributed by atoms with Gasteiger partial charge in [0.1, 0.15) is 0 Å². The van der Waals surface area contributed by atoms with Crippen LogP contribution in [0.2, 0.25) is 0 Å². The van der Waals surface area contributed by atoms with Gasteiger partial charge in [-0.1, -0.05) is 24.3 Å². The first-order valence-corrected chi connectivity index (χ1v) is 8.31. The molecule has 120 valence electrons. The highest BCUT2D eigenvalue weighted by Crippen LogP contribution is 2.23. The van der Waals surface area contributed by atoms with E-state index in [1.54, 1.807) is 30.3 Å². The Labute approximate surface area is 135 Å². The minimum atomic E-state index is -3.72. The summed E-state index contributed by atoms with van der Waals surface area (Å²) in [5, 5.41) is 8.65. The SMILES string of the molecule is Cc1cccc(N(C)S(=O)(=O)c2cccc(/C=C/C(=O)O)c2)c1. The molecular formula is C17H17NO4S. The third kappa shape index (κ3) is 3.98. The van der Waals surface area contributed by atoms with Crippen molar-refractivity contribution in [1.82, 2.24) is 0 Å². The summed E-state index contributed by atoms with van der Waals surface area (Å²) in [4.78, 5) is 10.7. The summed E-state index contributed by atoms with van der Waals surface area (Å²) < 4.78 is 26.6. The Hall–Kier alpha value is -2.60. The van der Waals surface area contributed by atoms with Crippen LogP contribution in [0.25, 0.3) is 6.08 Å². The van der Waals surface area contributed by atoms with Crippen molar-refractivity contribution in [2.24, 2.45) is 0 Å². The molecule has 6 heteroatoms. The van der Waals surface area contributed by atoms with E-state index in [1.807, 2.05) is 13.0 Å². The molecule has 0 saturated carbocycles. The van der Waals surface area contributed by atoms with Gasteiger partial charge in [0.2, 0.25) is 0 Å². The second-order valence-electron chi connectivity index (χ2n) is 5.06. The lowest BCUT2D eigenvalue weighted by atomic mass is 10.2.